The lowest BCUT2D eigenvalue weighted by Gasteiger charge is -2.08. The number of aromatic amines is 1. The van der Waals surface area contributed by atoms with Crippen molar-refractivity contribution < 1.29 is 0 Å². The van der Waals surface area contributed by atoms with Crippen molar-refractivity contribution in [3.63, 3.8) is 0 Å². The van der Waals surface area contributed by atoms with E-state index in [9.17, 15) is 0 Å². The topological polar surface area (TPSA) is 85.2 Å². The van der Waals surface area contributed by atoms with Crippen LogP contribution in [0.4, 0.5) is 0 Å². The first kappa shape index (κ1) is 21.5. The summed E-state index contributed by atoms with van der Waals surface area (Å²) < 4.78 is 2.00. The van der Waals surface area contributed by atoms with Gasteiger partial charge in [-0.05, 0) is 39.6 Å². The van der Waals surface area contributed by atoms with Gasteiger partial charge in [-0.25, -0.2) is 14.8 Å². The van der Waals surface area contributed by atoms with E-state index in [0.717, 1.165) is 34.8 Å². The molecule has 2 heterocycles. The van der Waals surface area contributed by atoms with E-state index >= 15 is 0 Å². The van der Waals surface area contributed by atoms with E-state index in [1.165, 1.54) is 11.1 Å². The number of hydrogen-bond acceptors (Lipinski definition) is 5. The molecular formula is C27H25N7. The Morgan fingerprint density at radius 1 is 0.824 bits per heavy atom. The van der Waals surface area contributed by atoms with Crippen molar-refractivity contribution in [3.8, 4) is 22.5 Å². The fourth-order valence-corrected chi connectivity index (χ4v) is 3.96. The first-order valence-electron chi connectivity index (χ1n) is 11.3. The van der Waals surface area contributed by atoms with E-state index in [1.54, 1.807) is 0 Å². The molecule has 1 N–H and O–H groups in total. The van der Waals surface area contributed by atoms with E-state index in [4.69, 9.17) is 10.1 Å². The van der Waals surface area contributed by atoms with Crippen molar-refractivity contribution >= 4 is 0 Å². The molecule has 0 aliphatic carbocycles. The second-order valence-electron chi connectivity index (χ2n) is 8.03. The number of aromatic nitrogens is 7. The highest BCUT2D eigenvalue weighted by Gasteiger charge is 2.13. The van der Waals surface area contributed by atoms with Gasteiger partial charge in [0.2, 0.25) is 0 Å². The Hall–Kier alpha value is -4.39. The van der Waals surface area contributed by atoms with Crippen molar-refractivity contribution in [2.45, 2.75) is 26.3 Å². The predicted octanol–water partition coefficient (Wildman–Crippen LogP) is 4.88. The Morgan fingerprint density at radius 2 is 1.56 bits per heavy atom. The Labute approximate surface area is 198 Å². The quantitative estimate of drug-likeness (QED) is 0.343. The molecule has 168 valence electrons. The average Bonchev–Trinajstić information content (AvgIpc) is 3.54. The summed E-state index contributed by atoms with van der Waals surface area (Å²) in [6, 6.07) is 27.0. The minimum Gasteiger partial charge on any atom is -0.246 e. The molecule has 0 fully saturated rings. The van der Waals surface area contributed by atoms with Gasteiger partial charge in [-0.3, -0.25) is 0 Å². The van der Waals surface area contributed by atoms with Gasteiger partial charge in [0.25, 0.3) is 0 Å². The molecule has 0 aliphatic heterocycles. The van der Waals surface area contributed by atoms with Crippen LogP contribution in [0, 0.1) is 0 Å². The zero-order chi connectivity index (χ0) is 23.2. The van der Waals surface area contributed by atoms with Gasteiger partial charge in [0, 0.05) is 18.4 Å². The van der Waals surface area contributed by atoms with Crippen LogP contribution in [0.15, 0.2) is 91.0 Å². The highest BCUT2D eigenvalue weighted by atomic mass is 15.5. The molecule has 0 saturated heterocycles. The van der Waals surface area contributed by atoms with Gasteiger partial charge < -0.3 is 0 Å². The minimum absolute atomic E-state index is 0.655. The molecule has 0 aliphatic rings. The molecule has 0 saturated carbocycles. The lowest BCUT2D eigenvalue weighted by atomic mass is 9.98. The molecule has 0 spiro atoms. The predicted molar refractivity (Wildman–Crippen MR) is 132 cm³/mol. The van der Waals surface area contributed by atoms with Gasteiger partial charge in [-0.2, -0.15) is 5.10 Å². The SMILES string of the molecule is CC=CCn1nc(Cc2ccccc2)nc1Cc1ccc(-c2ccccc2-c2nnn[nH]2)cc1. The Bertz CT molecular complexity index is 1370. The standard InChI is InChI=1S/C27H25N7/c1-2-3-17-34-26(28-25(31-34)18-20-9-5-4-6-10-20)19-21-13-15-22(16-14-21)23-11-7-8-12-24(23)27-29-32-33-30-27/h2-16H,17-19H2,1H3,(H,29,30,32,33). The van der Waals surface area contributed by atoms with Crippen LogP contribution in [0.2, 0.25) is 0 Å². The molecular weight excluding hydrogens is 422 g/mol. The number of allylic oxidation sites excluding steroid dienone is 2. The normalized spacial score (nSPS) is 11.3. The highest BCUT2D eigenvalue weighted by molar-refractivity contribution is 5.80. The molecule has 7 heteroatoms. The molecule has 5 aromatic rings. The molecule has 0 unspecified atom stereocenters. The third kappa shape index (κ3) is 4.83. The Kier molecular flexibility index (Phi) is 6.34. The molecule has 0 atom stereocenters. The fourth-order valence-electron chi connectivity index (χ4n) is 3.96. The van der Waals surface area contributed by atoms with Gasteiger partial charge in [0.1, 0.15) is 5.82 Å². The van der Waals surface area contributed by atoms with Crippen LogP contribution in [0.5, 0.6) is 0 Å². The maximum Gasteiger partial charge on any atom is 0.180 e. The summed E-state index contributed by atoms with van der Waals surface area (Å²) in [7, 11) is 0. The van der Waals surface area contributed by atoms with Crippen molar-refractivity contribution in [1.82, 2.24) is 35.4 Å². The van der Waals surface area contributed by atoms with Gasteiger partial charge in [0.15, 0.2) is 11.6 Å². The van der Waals surface area contributed by atoms with Gasteiger partial charge in [0.05, 0.1) is 6.54 Å². The van der Waals surface area contributed by atoms with E-state index < -0.39 is 0 Å². The van der Waals surface area contributed by atoms with Crippen LogP contribution in [0.25, 0.3) is 22.5 Å². The third-order valence-corrected chi connectivity index (χ3v) is 5.67. The number of rotatable bonds is 8. The number of H-pyrrole nitrogens is 1. The van der Waals surface area contributed by atoms with Gasteiger partial charge >= 0.3 is 0 Å². The minimum atomic E-state index is 0.655. The maximum atomic E-state index is 4.87. The zero-order valence-corrected chi connectivity index (χ0v) is 19.0. The van der Waals surface area contributed by atoms with Crippen LogP contribution in [-0.4, -0.2) is 35.4 Å². The zero-order valence-electron chi connectivity index (χ0n) is 19.0. The van der Waals surface area contributed by atoms with Crippen LogP contribution in [0.3, 0.4) is 0 Å². The molecule has 34 heavy (non-hydrogen) atoms. The number of hydrogen-bond donors (Lipinski definition) is 1. The first-order valence-corrected chi connectivity index (χ1v) is 11.3. The summed E-state index contributed by atoms with van der Waals surface area (Å²) in [5.41, 5.74) is 5.55. The van der Waals surface area contributed by atoms with E-state index in [-0.39, 0.29) is 0 Å². The molecule has 0 radical (unpaired) electrons. The van der Waals surface area contributed by atoms with Crippen LogP contribution >= 0.6 is 0 Å². The smallest absolute Gasteiger partial charge is 0.180 e. The number of benzene rings is 3. The molecule has 0 bridgehead atoms. The molecule has 3 aromatic carbocycles. The molecule has 2 aromatic heterocycles. The Morgan fingerprint density at radius 3 is 2.29 bits per heavy atom. The monoisotopic (exact) mass is 447 g/mol. The summed E-state index contributed by atoms with van der Waals surface area (Å²) in [6.07, 6.45) is 5.58. The van der Waals surface area contributed by atoms with Gasteiger partial charge in [-0.1, -0.05) is 91.0 Å². The summed E-state index contributed by atoms with van der Waals surface area (Å²) in [5.74, 6) is 2.46. The second kappa shape index (κ2) is 10.0. The lowest BCUT2D eigenvalue weighted by molar-refractivity contribution is 0.654. The molecule has 5 rings (SSSR count). The summed E-state index contributed by atoms with van der Waals surface area (Å²) >= 11 is 0. The fraction of sp³-hybridized carbons (Fsp3) is 0.148. The van der Waals surface area contributed by atoms with E-state index in [2.05, 4.69) is 69.2 Å². The second-order valence-corrected chi connectivity index (χ2v) is 8.03. The number of nitrogens with zero attached hydrogens (tertiary/aromatic N) is 6. The molecule has 0 amide bonds. The molecule has 7 nitrogen and oxygen atoms in total. The van der Waals surface area contributed by atoms with Crippen molar-refractivity contribution in [1.29, 1.82) is 0 Å². The number of nitrogens with one attached hydrogen (secondary N) is 1. The van der Waals surface area contributed by atoms with E-state index in [0.29, 0.717) is 18.8 Å². The summed E-state index contributed by atoms with van der Waals surface area (Å²) in [6.45, 7) is 2.73. The van der Waals surface area contributed by atoms with Gasteiger partial charge in [-0.15, -0.1) is 5.10 Å². The lowest BCUT2D eigenvalue weighted by Crippen LogP contribution is -2.05. The highest BCUT2D eigenvalue weighted by Crippen LogP contribution is 2.30. The van der Waals surface area contributed by atoms with Crippen LogP contribution < -0.4 is 0 Å². The average molecular weight is 448 g/mol. The van der Waals surface area contributed by atoms with Crippen molar-refractivity contribution in [3.05, 3.63) is 114 Å². The number of tetrazole rings is 1. The van der Waals surface area contributed by atoms with Crippen LogP contribution in [-0.2, 0) is 19.4 Å². The third-order valence-electron chi connectivity index (χ3n) is 5.67. The maximum absolute atomic E-state index is 4.87. The first-order chi connectivity index (χ1) is 16.8. The largest absolute Gasteiger partial charge is 0.246 e. The van der Waals surface area contributed by atoms with Crippen LogP contribution in [0.1, 0.15) is 29.7 Å². The Balaban J connectivity index is 1.39. The summed E-state index contributed by atoms with van der Waals surface area (Å²) in [5, 5.41) is 19.1. The van der Waals surface area contributed by atoms with Crippen molar-refractivity contribution in [2.24, 2.45) is 0 Å². The van der Waals surface area contributed by atoms with E-state index in [1.807, 2.05) is 54.1 Å². The summed E-state index contributed by atoms with van der Waals surface area (Å²) in [4.78, 5) is 4.87. The van der Waals surface area contributed by atoms with Crippen molar-refractivity contribution in [2.75, 3.05) is 0 Å².